The smallest absolute Gasteiger partial charge is 0.228 e. The van der Waals surface area contributed by atoms with Gasteiger partial charge in [0, 0.05) is 19.0 Å². The Labute approximate surface area is 108 Å². The van der Waals surface area contributed by atoms with Crippen LogP contribution in [0.3, 0.4) is 0 Å². The highest BCUT2D eigenvalue weighted by Gasteiger charge is 2.07. The summed E-state index contributed by atoms with van der Waals surface area (Å²) in [5, 5.41) is 6.66. The Morgan fingerprint density at radius 3 is 2.94 bits per heavy atom. The Balaban J connectivity index is 1.96. The molecule has 0 radical (unpaired) electrons. The zero-order valence-corrected chi connectivity index (χ0v) is 10.5. The summed E-state index contributed by atoms with van der Waals surface area (Å²) >= 11 is 5.60. The molecule has 7 heteroatoms. The van der Waals surface area contributed by atoms with E-state index in [-0.39, 0.29) is 5.02 Å². The number of hydrogen-bond acceptors (Lipinski definition) is 5. The minimum Gasteiger partial charge on any atom is -0.397 e. The molecule has 0 aliphatic rings. The molecule has 0 amide bonds. The number of aromatic nitrogens is 2. The van der Waals surface area contributed by atoms with Gasteiger partial charge in [-0.25, -0.2) is 4.39 Å². The molecule has 0 fully saturated rings. The first-order valence-electron chi connectivity index (χ1n) is 5.34. The predicted molar refractivity (Wildman–Crippen MR) is 67.1 cm³/mol. The van der Waals surface area contributed by atoms with Gasteiger partial charge in [0.2, 0.25) is 5.89 Å². The summed E-state index contributed by atoms with van der Waals surface area (Å²) in [4.78, 5) is 4.05. The molecule has 0 spiro atoms. The molecule has 5 nitrogen and oxygen atoms in total. The number of nitrogen functional groups attached to an aromatic ring is 1. The van der Waals surface area contributed by atoms with Crippen molar-refractivity contribution in [1.82, 2.24) is 10.1 Å². The van der Waals surface area contributed by atoms with Crippen LogP contribution in [-0.2, 0) is 6.42 Å². The summed E-state index contributed by atoms with van der Waals surface area (Å²) in [6, 6.07) is 2.63. The van der Waals surface area contributed by atoms with Gasteiger partial charge < -0.3 is 15.6 Å². The standard InChI is InChI=1S/C11H12ClFN4O/c1-6-16-11(18-17-6)2-3-15-10-5-8(13)7(12)4-9(10)14/h4-5,15H,2-3,14H2,1H3. The number of benzene rings is 1. The molecule has 0 atom stereocenters. The van der Waals surface area contributed by atoms with Crippen LogP contribution in [0.5, 0.6) is 0 Å². The molecule has 2 rings (SSSR count). The maximum atomic E-state index is 13.2. The Bertz CT molecular complexity index is 558. The van der Waals surface area contributed by atoms with Crippen molar-refractivity contribution in [2.24, 2.45) is 0 Å². The first-order chi connectivity index (χ1) is 8.56. The number of nitrogens with two attached hydrogens (primary N) is 1. The lowest BCUT2D eigenvalue weighted by Gasteiger charge is -2.08. The highest BCUT2D eigenvalue weighted by Crippen LogP contribution is 2.25. The van der Waals surface area contributed by atoms with Gasteiger partial charge in [0.25, 0.3) is 0 Å². The lowest BCUT2D eigenvalue weighted by atomic mass is 10.2. The van der Waals surface area contributed by atoms with E-state index >= 15 is 0 Å². The van der Waals surface area contributed by atoms with Crippen LogP contribution in [0.2, 0.25) is 5.02 Å². The number of anilines is 2. The van der Waals surface area contributed by atoms with E-state index in [0.717, 1.165) is 0 Å². The van der Waals surface area contributed by atoms with Gasteiger partial charge in [-0.05, 0) is 13.0 Å². The van der Waals surface area contributed by atoms with Crippen LogP contribution in [-0.4, -0.2) is 16.7 Å². The van der Waals surface area contributed by atoms with E-state index in [9.17, 15) is 4.39 Å². The van der Waals surface area contributed by atoms with Crippen LogP contribution in [0.25, 0.3) is 0 Å². The van der Waals surface area contributed by atoms with Crippen molar-refractivity contribution in [3.8, 4) is 0 Å². The number of nitrogens with zero attached hydrogens (tertiary/aromatic N) is 2. The fraction of sp³-hybridized carbons (Fsp3) is 0.273. The van der Waals surface area contributed by atoms with Gasteiger partial charge in [-0.2, -0.15) is 4.98 Å². The van der Waals surface area contributed by atoms with Gasteiger partial charge in [0.1, 0.15) is 5.82 Å². The van der Waals surface area contributed by atoms with Gasteiger partial charge in [0.05, 0.1) is 16.4 Å². The number of halogens is 2. The molecule has 0 aliphatic heterocycles. The summed E-state index contributed by atoms with van der Waals surface area (Å²) in [6.07, 6.45) is 0.532. The monoisotopic (exact) mass is 270 g/mol. The lowest BCUT2D eigenvalue weighted by molar-refractivity contribution is 0.377. The van der Waals surface area contributed by atoms with E-state index < -0.39 is 5.82 Å². The molecule has 18 heavy (non-hydrogen) atoms. The van der Waals surface area contributed by atoms with Gasteiger partial charge >= 0.3 is 0 Å². The van der Waals surface area contributed by atoms with Crippen molar-refractivity contribution in [2.45, 2.75) is 13.3 Å². The fourth-order valence-corrected chi connectivity index (χ4v) is 1.63. The first kappa shape index (κ1) is 12.6. The SMILES string of the molecule is Cc1noc(CCNc2cc(F)c(Cl)cc2N)n1. The van der Waals surface area contributed by atoms with Gasteiger partial charge in [-0.1, -0.05) is 16.8 Å². The highest BCUT2D eigenvalue weighted by molar-refractivity contribution is 6.31. The molecular formula is C11H12ClFN4O. The average molecular weight is 271 g/mol. The van der Waals surface area contributed by atoms with E-state index in [1.165, 1.54) is 12.1 Å². The molecule has 0 bridgehead atoms. The summed E-state index contributed by atoms with van der Waals surface area (Å²) in [5.74, 6) is 0.594. The van der Waals surface area contributed by atoms with E-state index in [4.69, 9.17) is 21.9 Å². The van der Waals surface area contributed by atoms with Crippen LogP contribution in [0, 0.1) is 12.7 Å². The van der Waals surface area contributed by atoms with Crippen molar-refractivity contribution in [1.29, 1.82) is 0 Å². The summed E-state index contributed by atoms with van der Waals surface area (Å²) in [5.41, 5.74) is 6.59. The quantitative estimate of drug-likeness (QED) is 0.834. The van der Waals surface area contributed by atoms with E-state index in [0.29, 0.717) is 36.1 Å². The maximum Gasteiger partial charge on any atom is 0.228 e. The van der Waals surface area contributed by atoms with Crippen LogP contribution in [0.1, 0.15) is 11.7 Å². The average Bonchev–Trinajstić information content (AvgIpc) is 2.71. The number of nitrogens with one attached hydrogen (secondary N) is 1. The Morgan fingerprint density at radius 2 is 2.28 bits per heavy atom. The third-order valence-corrected chi connectivity index (χ3v) is 2.61. The van der Waals surface area contributed by atoms with Crippen molar-refractivity contribution in [3.63, 3.8) is 0 Å². The largest absolute Gasteiger partial charge is 0.397 e. The summed E-state index contributed by atoms with van der Waals surface area (Å²) in [7, 11) is 0. The zero-order chi connectivity index (χ0) is 13.1. The fourth-order valence-electron chi connectivity index (χ4n) is 1.46. The van der Waals surface area contributed by atoms with Crippen LogP contribution in [0.15, 0.2) is 16.7 Å². The molecule has 1 aromatic heterocycles. The first-order valence-corrected chi connectivity index (χ1v) is 5.71. The van der Waals surface area contributed by atoms with Crippen LogP contribution >= 0.6 is 11.6 Å². The van der Waals surface area contributed by atoms with Crippen LogP contribution in [0.4, 0.5) is 15.8 Å². The minimum absolute atomic E-state index is 0.00516. The highest BCUT2D eigenvalue weighted by atomic mass is 35.5. The molecule has 3 N–H and O–H groups in total. The third-order valence-electron chi connectivity index (χ3n) is 2.32. The van der Waals surface area contributed by atoms with Gasteiger partial charge in [-0.15, -0.1) is 0 Å². The second-order valence-electron chi connectivity index (χ2n) is 3.77. The topological polar surface area (TPSA) is 77.0 Å². The molecule has 2 aromatic rings. The summed E-state index contributed by atoms with van der Waals surface area (Å²) < 4.78 is 18.2. The minimum atomic E-state index is -0.512. The molecule has 0 unspecified atom stereocenters. The van der Waals surface area contributed by atoms with Gasteiger partial charge in [0.15, 0.2) is 5.82 Å². The Hall–Kier alpha value is -1.82. The van der Waals surface area contributed by atoms with Crippen molar-refractivity contribution < 1.29 is 8.91 Å². The number of hydrogen-bond donors (Lipinski definition) is 2. The third kappa shape index (κ3) is 2.89. The molecular weight excluding hydrogens is 259 g/mol. The Morgan fingerprint density at radius 1 is 1.50 bits per heavy atom. The van der Waals surface area contributed by atoms with E-state index in [1.807, 2.05) is 0 Å². The molecule has 1 heterocycles. The molecule has 1 aromatic carbocycles. The normalized spacial score (nSPS) is 10.6. The maximum absolute atomic E-state index is 13.2. The predicted octanol–water partition coefficient (Wildman–Crippen LogP) is 2.41. The lowest BCUT2D eigenvalue weighted by Crippen LogP contribution is -2.07. The van der Waals surface area contributed by atoms with Crippen molar-refractivity contribution in [2.75, 3.05) is 17.6 Å². The molecule has 0 aliphatic carbocycles. The van der Waals surface area contributed by atoms with Crippen molar-refractivity contribution >= 4 is 23.0 Å². The second kappa shape index (κ2) is 5.22. The molecule has 0 saturated carbocycles. The Kier molecular flexibility index (Phi) is 3.66. The van der Waals surface area contributed by atoms with Gasteiger partial charge in [-0.3, -0.25) is 0 Å². The van der Waals surface area contributed by atoms with Crippen molar-refractivity contribution in [3.05, 3.63) is 34.7 Å². The number of aryl methyl sites for hydroxylation is 1. The van der Waals surface area contributed by atoms with E-state index in [2.05, 4.69) is 15.5 Å². The molecule has 96 valence electrons. The van der Waals surface area contributed by atoms with Crippen LogP contribution < -0.4 is 11.1 Å². The zero-order valence-electron chi connectivity index (χ0n) is 9.70. The second-order valence-corrected chi connectivity index (χ2v) is 4.17. The van der Waals surface area contributed by atoms with E-state index in [1.54, 1.807) is 6.92 Å². The molecule has 0 saturated heterocycles. The number of rotatable bonds is 4. The summed E-state index contributed by atoms with van der Waals surface area (Å²) in [6.45, 7) is 2.25.